The molecule has 0 aliphatic heterocycles. The van der Waals surface area contributed by atoms with Gasteiger partial charge in [-0.2, -0.15) is 0 Å². The standard InChI is InChI=1S/C44H68O6/c1-41(2,3)33-27-34(42(4,5)6)30-37(29-33)47-23-17-13-15-19-25-49-39(45)21-22-40(46)50-26-20-16-14-18-24-48-38-31-35(43(7,8)9)28-36(32-38)44(10,11)12/h21-22,27-32H,13-20,23-26H2,1-12H3/b22-21-. The number of carbonyl (C=O) groups is 2. The van der Waals surface area contributed by atoms with Crippen molar-refractivity contribution in [1.82, 2.24) is 0 Å². The molecular weight excluding hydrogens is 624 g/mol. The molecule has 6 heteroatoms. The van der Waals surface area contributed by atoms with Crippen LogP contribution in [0.3, 0.4) is 0 Å². The molecule has 0 bridgehead atoms. The van der Waals surface area contributed by atoms with Gasteiger partial charge in [-0.1, -0.05) is 95.2 Å². The molecule has 0 fully saturated rings. The molecule has 0 aliphatic carbocycles. The van der Waals surface area contributed by atoms with Crippen LogP contribution in [-0.4, -0.2) is 38.4 Å². The van der Waals surface area contributed by atoms with Crippen LogP contribution in [0.1, 0.15) is 157 Å². The minimum absolute atomic E-state index is 0.0567. The van der Waals surface area contributed by atoms with E-state index in [1.54, 1.807) is 0 Å². The largest absolute Gasteiger partial charge is 0.494 e. The number of esters is 2. The van der Waals surface area contributed by atoms with Crippen molar-refractivity contribution in [1.29, 1.82) is 0 Å². The van der Waals surface area contributed by atoms with Crippen LogP contribution in [0, 0.1) is 0 Å². The normalized spacial score (nSPS) is 12.6. The highest BCUT2D eigenvalue weighted by Gasteiger charge is 2.22. The van der Waals surface area contributed by atoms with E-state index in [0.717, 1.165) is 75.0 Å². The molecule has 280 valence electrons. The predicted molar refractivity (Wildman–Crippen MR) is 207 cm³/mol. The Morgan fingerprint density at radius 2 is 0.680 bits per heavy atom. The maximum absolute atomic E-state index is 12.0. The molecule has 0 radical (unpaired) electrons. The summed E-state index contributed by atoms with van der Waals surface area (Å²) < 4.78 is 22.7. The Kier molecular flexibility index (Phi) is 16.6. The van der Waals surface area contributed by atoms with Crippen molar-refractivity contribution >= 4 is 11.9 Å². The monoisotopic (exact) mass is 693 g/mol. The van der Waals surface area contributed by atoms with Crippen LogP contribution in [0.4, 0.5) is 0 Å². The number of ether oxygens (including phenoxy) is 4. The number of rotatable bonds is 18. The summed E-state index contributed by atoms with van der Waals surface area (Å²) in [6.45, 7) is 28.7. The van der Waals surface area contributed by atoms with E-state index < -0.39 is 11.9 Å². The first-order chi connectivity index (χ1) is 23.2. The predicted octanol–water partition coefficient (Wildman–Crippen LogP) is 11.1. The molecule has 0 aliphatic rings. The number of hydrogen-bond acceptors (Lipinski definition) is 6. The molecule has 0 spiro atoms. The maximum Gasteiger partial charge on any atom is 0.331 e. The lowest BCUT2D eigenvalue weighted by Crippen LogP contribution is -2.16. The lowest BCUT2D eigenvalue weighted by Gasteiger charge is -2.26. The van der Waals surface area contributed by atoms with Crippen molar-refractivity contribution in [2.45, 2.75) is 156 Å². The molecule has 0 amide bonds. The number of carbonyl (C=O) groups excluding carboxylic acids is 2. The van der Waals surface area contributed by atoms with E-state index in [9.17, 15) is 9.59 Å². The zero-order chi connectivity index (χ0) is 37.6. The molecule has 2 aromatic rings. The summed E-state index contributed by atoms with van der Waals surface area (Å²) >= 11 is 0. The average molecular weight is 693 g/mol. The average Bonchev–Trinajstić information content (AvgIpc) is 3.00. The minimum atomic E-state index is -0.527. The van der Waals surface area contributed by atoms with Crippen molar-refractivity contribution in [3.8, 4) is 11.5 Å². The van der Waals surface area contributed by atoms with Crippen LogP contribution in [0.2, 0.25) is 0 Å². The number of benzene rings is 2. The number of unbranched alkanes of at least 4 members (excludes halogenated alkanes) is 6. The van der Waals surface area contributed by atoms with Gasteiger partial charge in [0, 0.05) is 12.2 Å². The highest BCUT2D eigenvalue weighted by molar-refractivity contribution is 5.91. The Morgan fingerprint density at radius 3 is 0.940 bits per heavy atom. The first-order valence-electron chi connectivity index (χ1n) is 18.8. The molecule has 0 N–H and O–H groups in total. The minimum Gasteiger partial charge on any atom is -0.494 e. The Hall–Kier alpha value is -3.28. The van der Waals surface area contributed by atoms with Crippen LogP contribution in [0.5, 0.6) is 11.5 Å². The zero-order valence-electron chi connectivity index (χ0n) is 33.6. The van der Waals surface area contributed by atoms with Gasteiger partial charge in [-0.3, -0.25) is 0 Å². The fraction of sp³-hybridized carbons (Fsp3) is 0.636. The van der Waals surface area contributed by atoms with E-state index >= 15 is 0 Å². The number of hydrogen-bond donors (Lipinski definition) is 0. The van der Waals surface area contributed by atoms with Gasteiger partial charge in [0.15, 0.2) is 0 Å². The van der Waals surface area contributed by atoms with Gasteiger partial charge in [0.1, 0.15) is 11.5 Å². The van der Waals surface area contributed by atoms with Crippen molar-refractivity contribution in [3.63, 3.8) is 0 Å². The van der Waals surface area contributed by atoms with Gasteiger partial charge in [-0.25, -0.2) is 9.59 Å². The Morgan fingerprint density at radius 1 is 0.420 bits per heavy atom. The summed E-state index contributed by atoms with van der Waals surface area (Å²) in [5.41, 5.74) is 5.36. The second-order valence-corrected chi connectivity index (χ2v) is 17.7. The smallest absolute Gasteiger partial charge is 0.331 e. The van der Waals surface area contributed by atoms with Gasteiger partial charge in [-0.15, -0.1) is 0 Å². The molecule has 0 unspecified atom stereocenters. The van der Waals surface area contributed by atoms with Crippen LogP contribution in [-0.2, 0) is 40.7 Å². The Bertz CT molecular complexity index is 1210. The van der Waals surface area contributed by atoms with E-state index in [1.165, 1.54) is 22.3 Å². The molecular formula is C44H68O6. The SMILES string of the molecule is CC(C)(C)c1cc(OCCCCCCOC(=O)/C=C\C(=O)OCCCCCCOc2cc(C(C)(C)C)cc(C(C)(C)C)c2)cc(C(C)(C)C)c1. The summed E-state index contributed by atoms with van der Waals surface area (Å²) in [4.78, 5) is 24.0. The van der Waals surface area contributed by atoms with E-state index in [-0.39, 0.29) is 21.7 Å². The van der Waals surface area contributed by atoms with Gasteiger partial charge in [-0.05, 0) is 120 Å². The van der Waals surface area contributed by atoms with Gasteiger partial charge in [0.2, 0.25) is 0 Å². The summed E-state index contributed by atoms with van der Waals surface area (Å²) in [7, 11) is 0. The van der Waals surface area contributed by atoms with Gasteiger partial charge < -0.3 is 18.9 Å². The van der Waals surface area contributed by atoms with Crippen LogP contribution < -0.4 is 9.47 Å². The highest BCUT2D eigenvalue weighted by Crippen LogP contribution is 2.34. The summed E-state index contributed by atoms with van der Waals surface area (Å²) in [5, 5.41) is 0. The quantitative estimate of drug-likeness (QED) is 0.0880. The molecule has 50 heavy (non-hydrogen) atoms. The third-order valence-electron chi connectivity index (χ3n) is 8.74. The third kappa shape index (κ3) is 16.6. The van der Waals surface area contributed by atoms with Gasteiger partial charge in [0.05, 0.1) is 26.4 Å². The molecule has 0 saturated carbocycles. The first-order valence-corrected chi connectivity index (χ1v) is 18.8. The van der Waals surface area contributed by atoms with Crippen molar-refractivity contribution < 1.29 is 28.5 Å². The zero-order valence-corrected chi connectivity index (χ0v) is 33.6. The lowest BCUT2D eigenvalue weighted by atomic mass is 9.80. The lowest BCUT2D eigenvalue weighted by molar-refractivity contribution is -0.140. The van der Waals surface area contributed by atoms with Gasteiger partial charge in [0.25, 0.3) is 0 Å². The Balaban J connectivity index is 1.55. The Labute approximate surface area is 304 Å². The maximum atomic E-state index is 12.0. The van der Waals surface area contributed by atoms with Crippen molar-refractivity contribution in [3.05, 3.63) is 70.8 Å². The fourth-order valence-electron chi connectivity index (χ4n) is 5.17. The summed E-state index contributed by atoms with van der Waals surface area (Å²) in [6, 6.07) is 13.2. The highest BCUT2D eigenvalue weighted by atomic mass is 16.5. The van der Waals surface area contributed by atoms with E-state index in [4.69, 9.17) is 18.9 Å². The molecule has 0 atom stereocenters. The van der Waals surface area contributed by atoms with Crippen molar-refractivity contribution in [2.75, 3.05) is 26.4 Å². The fourth-order valence-corrected chi connectivity index (χ4v) is 5.17. The second-order valence-electron chi connectivity index (χ2n) is 17.7. The van der Waals surface area contributed by atoms with E-state index in [0.29, 0.717) is 26.4 Å². The van der Waals surface area contributed by atoms with Crippen LogP contribution >= 0.6 is 0 Å². The molecule has 0 saturated heterocycles. The third-order valence-corrected chi connectivity index (χ3v) is 8.74. The summed E-state index contributed by atoms with van der Waals surface area (Å²) in [6.07, 6.45) is 9.54. The topological polar surface area (TPSA) is 71.1 Å². The molecule has 0 heterocycles. The van der Waals surface area contributed by atoms with E-state index in [1.807, 2.05) is 0 Å². The van der Waals surface area contributed by atoms with Crippen LogP contribution in [0.25, 0.3) is 0 Å². The van der Waals surface area contributed by atoms with Crippen molar-refractivity contribution in [2.24, 2.45) is 0 Å². The van der Waals surface area contributed by atoms with Crippen LogP contribution in [0.15, 0.2) is 48.6 Å². The molecule has 2 rings (SSSR count). The molecule has 0 aromatic heterocycles. The first kappa shape index (κ1) is 42.9. The molecule has 6 nitrogen and oxygen atoms in total. The van der Waals surface area contributed by atoms with Gasteiger partial charge >= 0.3 is 11.9 Å². The van der Waals surface area contributed by atoms with E-state index in [2.05, 4.69) is 119 Å². The summed E-state index contributed by atoms with van der Waals surface area (Å²) in [5.74, 6) is 0.800. The molecule has 2 aromatic carbocycles. The second kappa shape index (κ2) is 19.4.